The molecule has 0 atom stereocenters. The number of amides is 1. The van der Waals surface area contributed by atoms with Crippen molar-refractivity contribution in [1.29, 1.82) is 0 Å². The monoisotopic (exact) mass is 413 g/mol. The van der Waals surface area contributed by atoms with Gasteiger partial charge in [0.1, 0.15) is 0 Å². The minimum Gasteiger partial charge on any atom is -0.492 e. The van der Waals surface area contributed by atoms with E-state index in [2.05, 4.69) is 16.5 Å². The number of nitrogens with two attached hydrogens (primary N) is 1. The number of hydrogen-bond acceptors (Lipinski definition) is 5. The zero-order chi connectivity index (χ0) is 21.4. The zero-order valence-corrected chi connectivity index (χ0v) is 17.7. The Kier molecular flexibility index (Phi) is 5.58. The van der Waals surface area contributed by atoms with Crippen LogP contribution >= 0.6 is 0 Å². The Morgan fingerprint density at radius 2 is 1.97 bits per heavy atom. The highest BCUT2D eigenvalue weighted by molar-refractivity contribution is 5.97. The maximum Gasteiger partial charge on any atom is 0.270 e. The first-order valence-corrected chi connectivity index (χ1v) is 11.0. The van der Waals surface area contributed by atoms with Gasteiger partial charge in [0.05, 0.1) is 5.56 Å². The van der Waals surface area contributed by atoms with Crippen LogP contribution in [-0.4, -0.2) is 31.2 Å². The van der Waals surface area contributed by atoms with Crippen LogP contribution in [0.5, 0.6) is 5.88 Å². The van der Waals surface area contributed by atoms with Gasteiger partial charge in [0.2, 0.25) is 5.88 Å². The SMILES string of the molecule is CC(C)Cn1c(=O)c(C(=O)NC2CC2)c(O)n2nc(N)c(C=CC3CCCCC3)c12. The van der Waals surface area contributed by atoms with E-state index in [1.54, 1.807) is 0 Å². The van der Waals surface area contributed by atoms with Crippen LogP contribution in [0.1, 0.15) is 74.7 Å². The van der Waals surface area contributed by atoms with Gasteiger partial charge in [-0.15, -0.1) is 5.10 Å². The lowest BCUT2D eigenvalue weighted by Crippen LogP contribution is -2.36. The number of nitrogens with zero attached hydrogens (tertiary/aromatic N) is 3. The van der Waals surface area contributed by atoms with Crippen molar-refractivity contribution >= 4 is 23.4 Å². The fraction of sp³-hybridized carbons (Fsp3) is 0.591. The van der Waals surface area contributed by atoms with Crippen LogP contribution in [0.25, 0.3) is 11.7 Å². The lowest BCUT2D eigenvalue weighted by Gasteiger charge is -2.18. The van der Waals surface area contributed by atoms with Gasteiger partial charge >= 0.3 is 0 Å². The molecule has 0 bridgehead atoms. The number of nitrogens with one attached hydrogen (secondary N) is 1. The predicted molar refractivity (Wildman–Crippen MR) is 116 cm³/mol. The molecule has 2 aromatic heterocycles. The number of allylic oxidation sites excluding steroid dienone is 1. The summed E-state index contributed by atoms with van der Waals surface area (Å²) in [6.45, 7) is 4.38. The number of carbonyl (C=O) groups is 1. The molecule has 0 aromatic carbocycles. The summed E-state index contributed by atoms with van der Waals surface area (Å²) in [5.74, 6) is -0.156. The summed E-state index contributed by atoms with van der Waals surface area (Å²) < 4.78 is 2.76. The molecule has 4 N–H and O–H groups in total. The van der Waals surface area contributed by atoms with Crippen molar-refractivity contribution in [3.63, 3.8) is 0 Å². The largest absolute Gasteiger partial charge is 0.492 e. The molecule has 2 aromatic rings. The summed E-state index contributed by atoms with van der Waals surface area (Å²) in [7, 11) is 0. The van der Waals surface area contributed by atoms with Gasteiger partial charge in [0.15, 0.2) is 17.0 Å². The van der Waals surface area contributed by atoms with Gasteiger partial charge in [-0.05, 0) is 37.5 Å². The summed E-state index contributed by atoms with van der Waals surface area (Å²) in [4.78, 5) is 26.0. The predicted octanol–water partition coefficient (Wildman–Crippen LogP) is 2.93. The first-order chi connectivity index (χ1) is 14.4. The van der Waals surface area contributed by atoms with Crippen LogP contribution in [-0.2, 0) is 6.54 Å². The fourth-order valence-electron chi connectivity index (χ4n) is 4.21. The Balaban J connectivity index is 1.85. The molecule has 8 heteroatoms. The normalized spacial score (nSPS) is 18.0. The van der Waals surface area contributed by atoms with E-state index in [1.165, 1.54) is 28.3 Å². The Bertz CT molecular complexity index is 1040. The molecule has 0 unspecified atom stereocenters. The number of hydrogen-bond donors (Lipinski definition) is 3. The van der Waals surface area contributed by atoms with E-state index < -0.39 is 17.3 Å². The Morgan fingerprint density at radius 3 is 2.60 bits per heavy atom. The van der Waals surface area contributed by atoms with E-state index >= 15 is 0 Å². The highest BCUT2D eigenvalue weighted by Crippen LogP contribution is 2.29. The number of nitrogen functional groups attached to an aromatic ring is 1. The first-order valence-electron chi connectivity index (χ1n) is 11.0. The fourth-order valence-corrected chi connectivity index (χ4v) is 4.21. The molecule has 2 fully saturated rings. The number of aromatic nitrogens is 3. The molecule has 2 aliphatic rings. The third-order valence-corrected chi connectivity index (χ3v) is 5.94. The van der Waals surface area contributed by atoms with Crippen molar-refractivity contribution in [2.75, 3.05) is 5.73 Å². The summed E-state index contributed by atoms with van der Waals surface area (Å²) in [5.41, 5.74) is 6.45. The van der Waals surface area contributed by atoms with Crippen LogP contribution in [0.15, 0.2) is 10.9 Å². The van der Waals surface area contributed by atoms with Gasteiger partial charge in [-0.3, -0.25) is 14.2 Å². The van der Waals surface area contributed by atoms with Gasteiger partial charge in [-0.2, -0.15) is 4.52 Å². The quantitative estimate of drug-likeness (QED) is 0.674. The van der Waals surface area contributed by atoms with E-state index in [-0.39, 0.29) is 23.3 Å². The van der Waals surface area contributed by atoms with Gasteiger partial charge < -0.3 is 16.2 Å². The number of anilines is 1. The molecule has 0 saturated heterocycles. The molecule has 2 saturated carbocycles. The second-order valence-corrected chi connectivity index (χ2v) is 9.05. The van der Waals surface area contributed by atoms with Crippen molar-refractivity contribution in [2.45, 2.75) is 71.4 Å². The van der Waals surface area contributed by atoms with Crippen LogP contribution < -0.4 is 16.6 Å². The van der Waals surface area contributed by atoms with Crippen LogP contribution in [0, 0.1) is 11.8 Å². The summed E-state index contributed by atoms with van der Waals surface area (Å²) in [5, 5.41) is 17.9. The third kappa shape index (κ3) is 3.95. The maximum absolute atomic E-state index is 13.3. The van der Waals surface area contributed by atoms with Crippen molar-refractivity contribution in [3.8, 4) is 5.88 Å². The number of carbonyl (C=O) groups excluding carboxylic acids is 1. The van der Waals surface area contributed by atoms with E-state index in [0.29, 0.717) is 23.7 Å². The molecule has 2 aliphatic carbocycles. The highest BCUT2D eigenvalue weighted by atomic mass is 16.3. The smallest absolute Gasteiger partial charge is 0.270 e. The maximum atomic E-state index is 13.3. The average molecular weight is 414 g/mol. The average Bonchev–Trinajstić information content (AvgIpc) is 3.45. The Labute approximate surface area is 175 Å². The molecule has 0 aliphatic heterocycles. The first kappa shape index (κ1) is 20.5. The van der Waals surface area contributed by atoms with Gasteiger partial charge in [0, 0.05) is 12.6 Å². The van der Waals surface area contributed by atoms with Gasteiger partial charge in [-0.25, -0.2) is 0 Å². The van der Waals surface area contributed by atoms with Crippen molar-refractivity contribution < 1.29 is 9.90 Å². The molecule has 0 radical (unpaired) electrons. The third-order valence-electron chi connectivity index (χ3n) is 5.94. The lowest BCUT2D eigenvalue weighted by molar-refractivity contribution is 0.0944. The molecule has 8 nitrogen and oxygen atoms in total. The zero-order valence-electron chi connectivity index (χ0n) is 17.7. The van der Waals surface area contributed by atoms with Crippen LogP contribution in [0.2, 0.25) is 0 Å². The molecule has 4 rings (SSSR count). The van der Waals surface area contributed by atoms with E-state index in [1.807, 2.05) is 19.9 Å². The van der Waals surface area contributed by atoms with Crippen LogP contribution in [0.4, 0.5) is 5.82 Å². The topological polar surface area (TPSA) is 115 Å². The van der Waals surface area contributed by atoms with Crippen molar-refractivity contribution in [2.24, 2.45) is 11.8 Å². The van der Waals surface area contributed by atoms with Crippen molar-refractivity contribution in [3.05, 3.63) is 27.6 Å². The Morgan fingerprint density at radius 1 is 1.27 bits per heavy atom. The second kappa shape index (κ2) is 8.16. The van der Waals surface area contributed by atoms with E-state index in [9.17, 15) is 14.7 Å². The van der Waals surface area contributed by atoms with Crippen molar-refractivity contribution in [1.82, 2.24) is 19.5 Å². The number of aromatic hydroxyl groups is 1. The second-order valence-electron chi connectivity index (χ2n) is 9.05. The van der Waals surface area contributed by atoms with Crippen LogP contribution in [0.3, 0.4) is 0 Å². The van der Waals surface area contributed by atoms with Gasteiger partial charge in [-0.1, -0.05) is 45.3 Å². The standard InChI is InChI=1S/C22H31N5O3/c1-13(2)12-26-20-16(11-8-14-6-4-3-5-7-14)18(23)25-27(20)22(30)17(21(26)29)19(28)24-15-9-10-15/h8,11,13-15,30H,3-7,9-10,12H2,1-2H3,(H2,23,25)(H,24,28). The molecule has 1 amide bonds. The Hall–Kier alpha value is -2.77. The minimum absolute atomic E-state index is 0.0715. The molecule has 0 spiro atoms. The van der Waals surface area contributed by atoms with Gasteiger partial charge in [0.25, 0.3) is 11.5 Å². The number of fused-ring (bicyclic) bond motifs is 1. The summed E-state index contributed by atoms with van der Waals surface area (Å²) in [6, 6.07) is 0.0715. The molecular weight excluding hydrogens is 382 g/mol. The highest BCUT2D eigenvalue weighted by Gasteiger charge is 2.30. The molecule has 2 heterocycles. The molecular formula is C22H31N5O3. The lowest BCUT2D eigenvalue weighted by atomic mass is 9.89. The molecule has 30 heavy (non-hydrogen) atoms. The van der Waals surface area contributed by atoms with E-state index in [0.717, 1.165) is 25.7 Å². The summed E-state index contributed by atoms with van der Waals surface area (Å²) >= 11 is 0. The number of rotatable bonds is 6. The summed E-state index contributed by atoms with van der Waals surface area (Å²) in [6.07, 6.45) is 11.8. The molecule has 162 valence electrons. The minimum atomic E-state index is -0.562. The van der Waals surface area contributed by atoms with E-state index in [4.69, 9.17) is 5.73 Å².